The molecule has 0 bridgehead atoms. The van der Waals surface area contributed by atoms with E-state index in [4.69, 9.17) is 28.9 Å². The largest absolute Gasteiger partial charge is 0.334 e. The third kappa shape index (κ3) is 2.88. The van der Waals surface area contributed by atoms with Crippen LogP contribution in [0.5, 0.6) is 0 Å². The van der Waals surface area contributed by atoms with E-state index in [2.05, 4.69) is 6.92 Å². The highest BCUT2D eigenvalue weighted by Crippen LogP contribution is 2.30. The Labute approximate surface area is 123 Å². The molecule has 1 aromatic carbocycles. The lowest BCUT2D eigenvalue weighted by atomic mass is 9.90. The topological polar surface area (TPSA) is 46.3 Å². The fourth-order valence-corrected chi connectivity index (χ4v) is 3.27. The number of carbonyl (C=O) groups is 1. The molecule has 1 saturated heterocycles. The second-order valence-electron chi connectivity index (χ2n) is 5.02. The molecule has 1 heterocycles. The predicted octanol–water partition coefficient (Wildman–Crippen LogP) is 3.19. The van der Waals surface area contributed by atoms with E-state index >= 15 is 0 Å². The Morgan fingerprint density at radius 3 is 2.63 bits per heavy atom. The lowest BCUT2D eigenvalue weighted by molar-refractivity contribution is 0.0533. The van der Waals surface area contributed by atoms with Crippen LogP contribution in [0.4, 0.5) is 0 Å². The molecule has 2 atom stereocenters. The van der Waals surface area contributed by atoms with Gasteiger partial charge in [-0.05, 0) is 30.9 Å². The number of nitrogens with zero attached hydrogens (tertiary/aromatic N) is 1. The summed E-state index contributed by atoms with van der Waals surface area (Å²) in [6, 6.07) is 5.17. The summed E-state index contributed by atoms with van der Waals surface area (Å²) in [5, 5.41) is 0.790. The fourth-order valence-electron chi connectivity index (χ4n) is 2.71. The maximum Gasteiger partial charge on any atom is 0.257 e. The molecule has 1 aromatic rings. The van der Waals surface area contributed by atoms with E-state index in [1.807, 2.05) is 4.90 Å². The van der Waals surface area contributed by atoms with Crippen LogP contribution in [0.3, 0.4) is 0 Å². The number of nitrogens with two attached hydrogens (primary N) is 1. The minimum atomic E-state index is -0.113. The molecular weight excluding hydrogens is 283 g/mol. The van der Waals surface area contributed by atoms with Gasteiger partial charge < -0.3 is 10.6 Å². The molecule has 19 heavy (non-hydrogen) atoms. The van der Waals surface area contributed by atoms with Gasteiger partial charge in [-0.3, -0.25) is 4.79 Å². The van der Waals surface area contributed by atoms with Crippen molar-refractivity contribution in [2.75, 3.05) is 13.1 Å². The zero-order valence-corrected chi connectivity index (χ0v) is 12.4. The summed E-state index contributed by atoms with van der Waals surface area (Å²) < 4.78 is 0. The number of hydrogen-bond acceptors (Lipinski definition) is 2. The molecule has 0 spiro atoms. The molecule has 0 radical (unpaired) electrons. The van der Waals surface area contributed by atoms with Gasteiger partial charge in [-0.25, -0.2) is 0 Å². The first-order valence-electron chi connectivity index (χ1n) is 6.51. The average Bonchev–Trinajstić information content (AvgIpc) is 2.38. The second-order valence-corrected chi connectivity index (χ2v) is 5.83. The average molecular weight is 301 g/mol. The SMILES string of the molecule is CC1CCCN(C(=O)c2c(Cl)cccc2Cl)C1CN. The normalized spacial score (nSPS) is 23.5. The summed E-state index contributed by atoms with van der Waals surface area (Å²) in [5.41, 5.74) is 6.20. The van der Waals surface area contributed by atoms with Crippen LogP contribution >= 0.6 is 23.2 Å². The number of piperidine rings is 1. The molecule has 0 aliphatic carbocycles. The molecule has 2 N–H and O–H groups in total. The van der Waals surface area contributed by atoms with Crippen molar-refractivity contribution in [3.05, 3.63) is 33.8 Å². The maximum absolute atomic E-state index is 12.7. The van der Waals surface area contributed by atoms with E-state index in [-0.39, 0.29) is 11.9 Å². The van der Waals surface area contributed by atoms with Gasteiger partial charge in [0, 0.05) is 19.1 Å². The number of carbonyl (C=O) groups excluding carboxylic acids is 1. The number of likely N-dealkylation sites (tertiary alicyclic amines) is 1. The molecule has 1 fully saturated rings. The number of halogens is 2. The summed E-state index contributed by atoms with van der Waals surface area (Å²) in [7, 11) is 0. The molecule has 0 aromatic heterocycles. The summed E-state index contributed by atoms with van der Waals surface area (Å²) in [6.45, 7) is 3.31. The van der Waals surface area contributed by atoms with Gasteiger partial charge in [0.1, 0.15) is 0 Å². The van der Waals surface area contributed by atoms with E-state index < -0.39 is 0 Å². The summed E-state index contributed by atoms with van der Waals surface area (Å²) in [4.78, 5) is 14.5. The van der Waals surface area contributed by atoms with Crippen molar-refractivity contribution < 1.29 is 4.79 Å². The van der Waals surface area contributed by atoms with E-state index in [0.717, 1.165) is 12.8 Å². The Bertz CT molecular complexity index is 458. The van der Waals surface area contributed by atoms with Crippen molar-refractivity contribution in [1.82, 2.24) is 4.90 Å². The first-order valence-corrected chi connectivity index (χ1v) is 7.27. The zero-order valence-electron chi connectivity index (χ0n) is 10.9. The van der Waals surface area contributed by atoms with Crippen LogP contribution in [0.25, 0.3) is 0 Å². The monoisotopic (exact) mass is 300 g/mol. The maximum atomic E-state index is 12.7. The summed E-state index contributed by atoms with van der Waals surface area (Å²) >= 11 is 12.2. The first kappa shape index (κ1) is 14.6. The van der Waals surface area contributed by atoms with Gasteiger partial charge in [-0.15, -0.1) is 0 Å². The third-order valence-corrected chi connectivity index (χ3v) is 4.42. The summed E-state index contributed by atoms with van der Waals surface area (Å²) in [5.74, 6) is 0.293. The van der Waals surface area contributed by atoms with Crippen molar-refractivity contribution in [2.45, 2.75) is 25.8 Å². The van der Waals surface area contributed by atoms with Crippen molar-refractivity contribution in [3.63, 3.8) is 0 Å². The number of rotatable bonds is 2. The number of benzene rings is 1. The number of amides is 1. The van der Waals surface area contributed by atoms with Gasteiger partial charge >= 0.3 is 0 Å². The molecule has 104 valence electrons. The quantitative estimate of drug-likeness (QED) is 0.912. The highest BCUT2D eigenvalue weighted by atomic mass is 35.5. The highest BCUT2D eigenvalue weighted by Gasteiger charge is 2.32. The Morgan fingerprint density at radius 1 is 1.42 bits per heavy atom. The van der Waals surface area contributed by atoms with Crippen molar-refractivity contribution in [3.8, 4) is 0 Å². The summed E-state index contributed by atoms with van der Waals surface area (Å²) in [6.07, 6.45) is 2.09. The lowest BCUT2D eigenvalue weighted by Gasteiger charge is -2.39. The van der Waals surface area contributed by atoms with Crippen LogP contribution in [0.2, 0.25) is 10.0 Å². The van der Waals surface area contributed by atoms with Crippen LogP contribution in [-0.2, 0) is 0 Å². The van der Waals surface area contributed by atoms with Gasteiger partial charge in [-0.2, -0.15) is 0 Å². The zero-order chi connectivity index (χ0) is 14.0. The standard InChI is InChI=1S/C14H18Cl2N2O/c1-9-4-3-7-18(12(9)8-17)14(19)13-10(15)5-2-6-11(13)16/h2,5-6,9,12H,3-4,7-8,17H2,1H3. The molecule has 1 amide bonds. The van der Waals surface area contributed by atoms with Gasteiger partial charge in [0.15, 0.2) is 0 Å². The second kappa shape index (κ2) is 6.12. The van der Waals surface area contributed by atoms with E-state index in [9.17, 15) is 4.79 Å². The predicted molar refractivity (Wildman–Crippen MR) is 78.7 cm³/mol. The highest BCUT2D eigenvalue weighted by molar-refractivity contribution is 6.39. The third-order valence-electron chi connectivity index (χ3n) is 3.79. The van der Waals surface area contributed by atoms with Crippen LogP contribution in [0.1, 0.15) is 30.1 Å². The van der Waals surface area contributed by atoms with Crippen LogP contribution < -0.4 is 5.73 Å². The molecule has 0 saturated carbocycles. The van der Waals surface area contributed by atoms with E-state index in [1.54, 1.807) is 18.2 Å². The van der Waals surface area contributed by atoms with Crippen LogP contribution in [0, 0.1) is 5.92 Å². The van der Waals surface area contributed by atoms with Crippen molar-refractivity contribution >= 4 is 29.1 Å². The molecule has 2 rings (SSSR count). The van der Waals surface area contributed by atoms with Gasteiger partial charge in [0.05, 0.1) is 15.6 Å². The molecule has 2 unspecified atom stereocenters. The van der Waals surface area contributed by atoms with E-state index in [0.29, 0.717) is 34.6 Å². The number of hydrogen-bond donors (Lipinski definition) is 1. The molecule has 5 heteroatoms. The molecular formula is C14H18Cl2N2O. The Morgan fingerprint density at radius 2 is 2.05 bits per heavy atom. The molecule has 1 aliphatic heterocycles. The smallest absolute Gasteiger partial charge is 0.257 e. The molecule has 3 nitrogen and oxygen atoms in total. The van der Waals surface area contributed by atoms with Gasteiger partial charge in [-0.1, -0.05) is 36.2 Å². The van der Waals surface area contributed by atoms with E-state index in [1.165, 1.54) is 0 Å². The first-order chi connectivity index (χ1) is 9.06. The van der Waals surface area contributed by atoms with Gasteiger partial charge in [0.2, 0.25) is 0 Å². The Balaban J connectivity index is 2.32. The minimum absolute atomic E-state index is 0.0635. The Hall–Kier alpha value is -0.770. The minimum Gasteiger partial charge on any atom is -0.334 e. The van der Waals surface area contributed by atoms with Crippen molar-refractivity contribution in [1.29, 1.82) is 0 Å². The molecule has 1 aliphatic rings. The van der Waals surface area contributed by atoms with Crippen LogP contribution in [0.15, 0.2) is 18.2 Å². The fraction of sp³-hybridized carbons (Fsp3) is 0.500. The Kier molecular flexibility index (Phi) is 4.71. The lowest BCUT2D eigenvalue weighted by Crippen LogP contribution is -2.51. The van der Waals surface area contributed by atoms with Crippen LogP contribution in [-0.4, -0.2) is 29.9 Å². The van der Waals surface area contributed by atoms with Crippen molar-refractivity contribution in [2.24, 2.45) is 11.7 Å². The van der Waals surface area contributed by atoms with Gasteiger partial charge in [0.25, 0.3) is 5.91 Å².